The molecule has 2 fully saturated rings. The maximum Gasteiger partial charge on any atom is 0.119 e. The quantitative estimate of drug-likeness (QED) is 0.311. The van der Waals surface area contributed by atoms with Crippen LogP contribution in [0, 0.1) is 17.8 Å². The predicted octanol–water partition coefficient (Wildman–Crippen LogP) is 9.31. The van der Waals surface area contributed by atoms with Gasteiger partial charge < -0.3 is 4.74 Å². The molecule has 1 aromatic rings. The Morgan fingerprint density at radius 3 is 1.60 bits per heavy atom. The molecule has 30 heavy (non-hydrogen) atoms. The van der Waals surface area contributed by atoms with Crippen molar-refractivity contribution in [2.45, 2.75) is 122 Å². The van der Waals surface area contributed by atoms with E-state index in [9.17, 15) is 0 Å². The predicted molar refractivity (Wildman–Crippen MR) is 130 cm³/mol. The zero-order valence-electron chi connectivity index (χ0n) is 20.0. The van der Waals surface area contributed by atoms with Gasteiger partial charge in [0.2, 0.25) is 0 Å². The molecule has 1 aromatic carbocycles. The van der Waals surface area contributed by atoms with E-state index in [1.165, 1.54) is 108 Å². The molecule has 0 unspecified atom stereocenters. The number of hydrogen-bond donors (Lipinski definition) is 0. The molecule has 0 radical (unpaired) electrons. The van der Waals surface area contributed by atoms with Crippen LogP contribution in [0.1, 0.15) is 128 Å². The molecule has 2 saturated carbocycles. The Bertz CT molecular complexity index is 546. The Labute approximate surface area is 187 Å². The topological polar surface area (TPSA) is 9.23 Å². The summed E-state index contributed by atoms with van der Waals surface area (Å²) in [5.41, 5.74) is 1.54. The molecule has 1 heteroatoms. The van der Waals surface area contributed by atoms with Crippen LogP contribution in [-0.2, 0) is 0 Å². The number of ether oxygens (including phenoxy) is 1. The molecule has 0 bridgehead atoms. The Morgan fingerprint density at radius 1 is 0.633 bits per heavy atom. The minimum absolute atomic E-state index is 0.782. The molecule has 0 heterocycles. The van der Waals surface area contributed by atoms with E-state index in [-0.39, 0.29) is 0 Å². The summed E-state index contributed by atoms with van der Waals surface area (Å²) in [6, 6.07) is 9.11. The van der Waals surface area contributed by atoms with E-state index in [0.717, 1.165) is 36.0 Å². The molecule has 2 aliphatic rings. The van der Waals surface area contributed by atoms with Crippen LogP contribution < -0.4 is 4.74 Å². The Morgan fingerprint density at radius 2 is 1.10 bits per heavy atom. The average Bonchev–Trinajstić information content (AvgIpc) is 2.81. The minimum atomic E-state index is 0.782. The summed E-state index contributed by atoms with van der Waals surface area (Å²) in [4.78, 5) is 0. The molecule has 0 spiro atoms. The molecule has 0 aromatic heterocycles. The molecule has 0 saturated heterocycles. The molecule has 0 N–H and O–H groups in total. The lowest BCUT2D eigenvalue weighted by molar-refractivity contribution is 0.228. The van der Waals surface area contributed by atoms with Crippen molar-refractivity contribution in [3.05, 3.63) is 29.8 Å². The summed E-state index contributed by atoms with van der Waals surface area (Å²) in [6.07, 6.45) is 22.6. The van der Waals surface area contributed by atoms with Crippen molar-refractivity contribution < 1.29 is 4.74 Å². The summed E-state index contributed by atoms with van der Waals surface area (Å²) in [7, 11) is 0. The van der Waals surface area contributed by atoms with Gasteiger partial charge in [-0.2, -0.15) is 0 Å². The van der Waals surface area contributed by atoms with Gasteiger partial charge in [-0.05, 0) is 79.9 Å². The monoisotopic (exact) mass is 412 g/mol. The van der Waals surface area contributed by atoms with Crippen molar-refractivity contribution >= 4 is 0 Å². The fourth-order valence-electron chi connectivity index (χ4n) is 5.98. The Kier molecular flexibility index (Phi) is 10.6. The van der Waals surface area contributed by atoms with Gasteiger partial charge in [-0.1, -0.05) is 90.2 Å². The molecule has 3 rings (SSSR count). The summed E-state index contributed by atoms with van der Waals surface area (Å²) >= 11 is 0. The van der Waals surface area contributed by atoms with E-state index in [4.69, 9.17) is 4.74 Å². The van der Waals surface area contributed by atoms with Crippen LogP contribution >= 0.6 is 0 Å². The lowest BCUT2D eigenvalue weighted by atomic mass is 9.77. The highest BCUT2D eigenvalue weighted by Crippen LogP contribution is 2.38. The summed E-state index contributed by atoms with van der Waals surface area (Å²) in [5.74, 6) is 4.84. The molecule has 1 nitrogen and oxygen atoms in total. The van der Waals surface area contributed by atoms with Crippen molar-refractivity contribution in [1.82, 2.24) is 0 Å². The second kappa shape index (κ2) is 13.4. The van der Waals surface area contributed by atoms with Crippen LogP contribution in [0.2, 0.25) is 0 Å². The standard InChI is InChI=1S/C29H48O/c1-3-5-8-24-11-13-26(14-12-24)10-7-23-30-29-21-19-28(20-22-29)27-17-15-25(16-18-27)9-6-4-2/h19-22,24-27H,3-18,23H2,1-2H3. The van der Waals surface area contributed by atoms with E-state index in [1.807, 2.05) is 0 Å². The fraction of sp³-hybridized carbons (Fsp3) is 0.793. The van der Waals surface area contributed by atoms with Gasteiger partial charge in [0, 0.05) is 0 Å². The third-order valence-corrected chi connectivity index (χ3v) is 8.12. The molecule has 0 atom stereocenters. The number of rotatable bonds is 12. The summed E-state index contributed by atoms with van der Waals surface area (Å²) in [6.45, 7) is 5.52. The first-order valence-corrected chi connectivity index (χ1v) is 13.5. The summed E-state index contributed by atoms with van der Waals surface area (Å²) < 4.78 is 6.07. The highest BCUT2D eigenvalue weighted by molar-refractivity contribution is 5.29. The van der Waals surface area contributed by atoms with E-state index >= 15 is 0 Å². The fourth-order valence-corrected chi connectivity index (χ4v) is 5.98. The van der Waals surface area contributed by atoms with E-state index in [2.05, 4.69) is 38.1 Å². The van der Waals surface area contributed by atoms with E-state index in [1.54, 1.807) is 0 Å². The molecular weight excluding hydrogens is 364 g/mol. The average molecular weight is 413 g/mol. The van der Waals surface area contributed by atoms with Crippen LogP contribution in [0.4, 0.5) is 0 Å². The van der Waals surface area contributed by atoms with Crippen LogP contribution in [-0.4, -0.2) is 6.61 Å². The van der Waals surface area contributed by atoms with Crippen LogP contribution in [0.5, 0.6) is 5.75 Å². The maximum atomic E-state index is 6.07. The smallest absolute Gasteiger partial charge is 0.119 e. The lowest BCUT2D eigenvalue weighted by Gasteiger charge is -2.29. The number of hydrogen-bond acceptors (Lipinski definition) is 1. The molecule has 170 valence electrons. The van der Waals surface area contributed by atoms with Crippen LogP contribution in [0.15, 0.2) is 24.3 Å². The maximum absolute atomic E-state index is 6.07. The van der Waals surface area contributed by atoms with E-state index < -0.39 is 0 Å². The minimum Gasteiger partial charge on any atom is -0.494 e. The third-order valence-electron chi connectivity index (χ3n) is 8.12. The van der Waals surface area contributed by atoms with Crippen molar-refractivity contribution in [3.8, 4) is 5.75 Å². The van der Waals surface area contributed by atoms with Crippen molar-refractivity contribution in [3.63, 3.8) is 0 Å². The summed E-state index contributed by atoms with van der Waals surface area (Å²) in [5, 5.41) is 0. The SMILES string of the molecule is CCCCC1CCC(CCCOc2ccc(C3CCC(CCCC)CC3)cc2)CC1. The van der Waals surface area contributed by atoms with Gasteiger partial charge in [-0.3, -0.25) is 0 Å². The third kappa shape index (κ3) is 7.93. The van der Waals surface area contributed by atoms with Crippen LogP contribution in [0.3, 0.4) is 0 Å². The van der Waals surface area contributed by atoms with Gasteiger partial charge in [0.15, 0.2) is 0 Å². The van der Waals surface area contributed by atoms with Crippen LogP contribution in [0.25, 0.3) is 0 Å². The molecule has 0 aliphatic heterocycles. The van der Waals surface area contributed by atoms with Gasteiger partial charge in [0.25, 0.3) is 0 Å². The van der Waals surface area contributed by atoms with Crippen molar-refractivity contribution in [2.75, 3.05) is 6.61 Å². The first kappa shape index (κ1) is 23.7. The number of unbranched alkanes of at least 4 members (excludes halogenated alkanes) is 2. The first-order valence-electron chi connectivity index (χ1n) is 13.5. The largest absolute Gasteiger partial charge is 0.494 e. The normalized spacial score (nSPS) is 27.1. The second-order valence-corrected chi connectivity index (χ2v) is 10.4. The van der Waals surface area contributed by atoms with Gasteiger partial charge in [-0.15, -0.1) is 0 Å². The van der Waals surface area contributed by atoms with Gasteiger partial charge in [0.1, 0.15) is 5.75 Å². The van der Waals surface area contributed by atoms with Crippen molar-refractivity contribution in [2.24, 2.45) is 17.8 Å². The molecule has 0 amide bonds. The zero-order chi connectivity index (χ0) is 21.0. The Balaban J connectivity index is 1.28. The highest BCUT2D eigenvalue weighted by Gasteiger charge is 2.22. The van der Waals surface area contributed by atoms with Gasteiger partial charge in [-0.25, -0.2) is 0 Å². The molecule has 2 aliphatic carbocycles. The molecular formula is C29H48O. The van der Waals surface area contributed by atoms with Crippen molar-refractivity contribution in [1.29, 1.82) is 0 Å². The lowest BCUT2D eigenvalue weighted by Crippen LogP contribution is -2.15. The first-order chi connectivity index (χ1) is 14.8. The number of benzene rings is 1. The highest BCUT2D eigenvalue weighted by atomic mass is 16.5. The van der Waals surface area contributed by atoms with Gasteiger partial charge >= 0.3 is 0 Å². The van der Waals surface area contributed by atoms with Gasteiger partial charge in [0.05, 0.1) is 6.61 Å². The van der Waals surface area contributed by atoms with E-state index in [0.29, 0.717) is 0 Å². The second-order valence-electron chi connectivity index (χ2n) is 10.4. The Hall–Kier alpha value is -0.980. The zero-order valence-corrected chi connectivity index (χ0v) is 20.0.